The zero-order valence-electron chi connectivity index (χ0n) is 10.7. The predicted octanol–water partition coefficient (Wildman–Crippen LogP) is 2.62. The number of hydrogen-bond donors (Lipinski definition) is 2. The Hall–Kier alpha value is -1.82. The number of nitrogens with zero attached hydrogens (tertiary/aromatic N) is 2. The molecule has 1 fully saturated rings. The Morgan fingerprint density at radius 2 is 2.37 bits per heavy atom. The van der Waals surface area contributed by atoms with Crippen LogP contribution in [0.25, 0.3) is 0 Å². The number of hydrogen-bond acceptors (Lipinski definition) is 6. The summed E-state index contributed by atoms with van der Waals surface area (Å²) < 4.78 is 9.36. The second-order valence-electron chi connectivity index (χ2n) is 4.64. The van der Waals surface area contributed by atoms with Gasteiger partial charge in [0.05, 0.1) is 7.11 Å². The highest BCUT2D eigenvalue weighted by Crippen LogP contribution is 2.47. The zero-order chi connectivity index (χ0) is 13.2. The highest BCUT2D eigenvalue weighted by Gasteiger charge is 2.30. The average molecular weight is 276 g/mol. The second-order valence-corrected chi connectivity index (χ2v) is 5.42. The molecule has 2 aromatic rings. The van der Waals surface area contributed by atoms with Crippen molar-refractivity contribution >= 4 is 22.4 Å². The fourth-order valence-electron chi connectivity index (χ4n) is 2.06. The Labute approximate surface area is 116 Å². The molecule has 19 heavy (non-hydrogen) atoms. The molecule has 5 nitrogen and oxygen atoms in total. The minimum absolute atomic E-state index is 0.605. The number of ether oxygens (including phenoxy) is 1. The summed E-state index contributed by atoms with van der Waals surface area (Å²) in [6, 6.07) is 3.89. The lowest BCUT2D eigenvalue weighted by Gasteiger charge is -2.07. The molecule has 0 saturated heterocycles. The highest BCUT2D eigenvalue weighted by molar-refractivity contribution is 7.10. The van der Waals surface area contributed by atoms with Gasteiger partial charge < -0.3 is 15.8 Å². The van der Waals surface area contributed by atoms with Crippen LogP contribution in [0.5, 0.6) is 5.88 Å². The maximum absolute atomic E-state index is 5.93. The average Bonchev–Trinajstić information content (AvgIpc) is 3.20. The third-order valence-electron chi connectivity index (χ3n) is 3.20. The van der Waals surface area contributed by atoms with E-state index in [9.17, 15) is 0 Å². The maximum Gasteiger partial charge on any atom is 0.213 e. The van der Waals surface area contributed by atoms with Gasteiger partial charge in [-0.3, -0.25) is 0 Å². The SMILES string of the molecule is COc1cc(CNc2snc(N)c2C2CC2)ccn1. The van der Waals surface area contributed by atoms with Crippen LogP contribution in [0.2, 0.25) is 0 Å². The number of methoxy groups -OCH3 is 1. The summed E-state index contributed by atoms with van der Waals surface area (Å²) in [7, 11) is 1.62. The van der Waals surface area contributed by atoms with Crippen molar-refractivity contribution in [2.75, 3.05) is 18.2 Å². The van der Waals surface area contributed by atoms with Gasteiger partial charge in [0.15, 0.2) is 0 Å². The maximum atomic E-state index is 5.93. The first-order chi connectivity index (χ1) is 9.28. The summed E-state index contributed by atoms with van der Waals surface area (Å²) in [5, 5.41) is 4.51. The lowest BCUT2D eigenvalue weighted by Crippen LogP contribution is -2.01. The van der Waals surface area contributed by atoms with Gasteiger partial charge in [0.1, 0.15) is 10.8 Å². The molecule has 0 spiro atoms. The first-order valence-electron chi connectivity index (χ1n) is 6.25. The van der Waals surface area contributed by atoms with Crippen molar-refractivity contribution in [3.05, 3.63) is 29.5 Å². The van der Waals surface area contributed by atoms with Crippen LogP contribution < -0.4 is 15.8 Å². The molecule has 0 aromatic carbocycles. The quantitative estimate of drug-likeness (QED) is 0.878. The van der Waals surface area contributed by atoms with Gasteiger partial charge in [-0.25, -0.2) is 4.98 Å². The first kappa shape index (κ1) is 12.2. The van der Waals surface area contributed by atoms with Crippen LogP contribution in [0.15, 0.2) is 18.3 Å². The van der Waals surface area contributed by atoms with E-state index in [-0.39, 0.29) is 0 Å². The van der Waals surface area contributed by atoms with E-state index in [1.54, 1.807) is 13.3 Å². The normalized spacial score (nSPS) is 14.4. The summed E-state index contributed by atoms with van der Waals surface area (Å²) in [6.45, 7) is 0.722. The summed E-state index contributed by atoms with van der Waals surface area (Å²) in [5.74, 6) is 1.92. The number of nitrogens with one attached hydrogen (secondary N) is 1. The highest BCUT2D eigenvalue weighted by atomic mass is 32.1. The van der Waals surface area contributed by atoms with Gasteiger partial charge >= 0.3 is 0 Å². The van der Waals surface area contributed by atoms with Crippen LogP contribution in [0.1, 0.15) is 29.9 Å². The third kappa shape index (κ3) is 2.63. The van der Waals surface area contributed by atoms with Gasteiger partial charge in [-0.1, -0.05) is 0 Å². The number of nitrogens with two attached hydrogens (primary N) is 1. The van der Waals surface area contributed by atoms with Crippen LogP contribution in [0.3, 0.4) is 0 Å². The molecule has 6 heteroatoms. The zero-order valence-corrected chi connectivity index (χ0v) is 11.5. The Bertz CT molecular complexity index is 580. The molecular weight excluding hydrogens is 260 g/mol. The molecule has 3 rings (SSSR count). The van der Waals surface area contributed by atoms with Crippen LogP contribution >= 0.6 is 11.5 Å². The van der Waals surface area contributed by atoms with Gasteiger partial charge in [-0.2, -0.15) is 4.37 Å². The molecule has 3 N–H and O–H groups in total. The van der Waals surface area contributed by atoms with Crippen LogP contribution in [0, 0.1) is 0 Å². The summed E-state index contributed by atoms with van der Waals surface area (Å²) >= 11 is 1.44. The van der Waals surface area contributed by atoms with Crippen molar-refractivity contribution in [3.8, 4) is 5.88 Å². The van der Waals surface area contributed by atoms with Crippen LogP contribution in [-0.2, 0) is 6.54 Å². The summed E-state index contributed by atoms with van der Waals surface area (Å²) in [6.07, 6.45) is 4.19. The monoisotopic (exact) mass is 276 g/mol. The molecule has 100 valence electrons. The number of aromatic nitrogens is 2. The van der Waals surface area contributed by atoms with Crippen molar-refractivity contribution < 1.29 is 4.74 Å². The molecule has 0 amide bonds. The largest absolute Gasteiger partial charge is 0.481 e. The van der Waals surface area contributed by atoms with E-state index in [2.05, 4.69) is 14.7 Å². The molecule has 0 atom stereocenters. The van der Waals surface area contributed by atoms with E-state index < -0.39 is 0 Å². The van der Waals surface area contributed by atoms with Gasteiger partial charge in [0.25, 0.3) is 0 Å². The van der Waals surface area contributed by atoms with Crippen LogP contribution in [-0.4, -0.2) is 16.5 Å². The molecule has 0 aliphatic heterocycles. The molecule has 0 unspecified atom stereocenters. The van der Waals surface area contributed by atoms with Crippen molar-refractivity contribution in [1.82, 2.24) is 9.36 Å². The number of nitrogen functional groups attached to an aromatic ring is 1. The van der Waals surface area contributed by atoms with Crippen molar-refractivity contribution in [3.63, 3.8) is 0 Å². The molecule has 1 saturated carbocycles. The van der Waals surface area contributed by atoms with Gasteiger partial charge in [-0.15, -0.1) is 0 Å². The van der Waals surface area contributed by atoms with E-state index in [1.807, 2.05) is 12.1 Å². The summed E-state index contributed by atoms with van der Waals surface area (Å²) in [4.78, 5) is 4.09. The van der Waals surface area contributed by atoms with E-state index in [1.165, 1.54) is 29.9 Å². The van der Waals surface area contributed by atoms with Gasteiger partial charge in [0, 0.05) is 24.4 Å². The van der Waals surface area contributed by atoms with Crippen molar-refractivity contribution in [2.24, 2.45) is 0 Å². The molecular formula is C13H16N4OS. The van der Waals surface area contributed by atoms with E-state index in [0.29, 0.717) is 17.6 Å². The first-order valence-corrected chi connectivity index (χ1v) is 7.03. The Kier molecular flexibility index (Phi) is 3.25. The standard InChI is InChI=1S/C13H16N4OS/c1-18-10-6-8(4-5-15-10)7-16-13-11(9-2-3-9)12(14)17-19-13/h4-6,9,16H,2-3,7H2,1H3,(H2,14,17). The third-order valence-corrected chi connectivity index (χ3v) is 4.04. The van der Waals surface area contributed by atoms with Gasteiger partial charge in [-0.05, 0) is 41.9 Å². The topological polar surface area (TPSA) is 73.1 Å². The predicted molar refractivity (Wildman–Crippen MR) is 76.6 cm³/mol. The minimum atomic E-state index is 0.605. The molecule has 1 aliphatic carbocycles. The number of pyridine rings is 1. The van der Waals surface area contributed by atoms with Crippen molar-refractivity contribution in [2.45, 2.75) is 25.3 Å². The van der Waals surface area contributed by atoms with Gasteiger partial charge in [0.2, 0.25) is 5.88 Å². The fraction of sp³-hybridized carbons (Fsp3) is 0.385. The summed E-state index contributed by atoms with van der Waals surface area (Å²) in [5.41, 5.74) is 8.25. The molecule has 0 bridgehead atoms. The fourth-order valence-corrected chi connectivity index (χ4v) is 2.85. The number of anilines is 2. The Morgan fingerprint density at radius 3 is 3.11 bits per heavy atom. The minimum Gasteiger partial charge on any atom is -0.481 e. The lowest BCUT2D eigenvalue weighted by atomic mass is 10.2. The Morgan fingerprint density at radius 1 is 1.53 bits per heavy atom. The molecule has 2 aromatic heterocycles. The smallest absolute Gasteiger partial charge is 0.213 e. The lowest BCUT2D eigenvalue weighted by molar-refractivity contribution is 0.397. The van der Waals surface area contributed by atoms with E-state index >= 15 is 0 Å². The Balaban J connectivity index is 1.72. The number of rotatable bonds is 5. The van der Waals surface area contributed by atoms with E-state index in [0.717, 1.165) is 17.1 Å². The molecule has 0 radical (unpaired) electrons. The second kappa shape index (κ2) is 5.05. The molecule has 2 heterocycles. The van der Waals surface area contributed by atoms with Crippen molar-refractivity contribution in [1.29, 1.82) is 0 Å². The van der Waals surface area contributed by atoms with E-state index in [4.69, 9.17) is 10.5 Å². The van der Waals surface area contributed by atoms with Crippen LogP contribution in [0.4, 0.5) is 10.8 Å². The molecule has 1 aliphatic rings.